The van der Waals surface area contributed by atoms with Crippen LogP contribution in [0.25, 0.3) is 0 Å². The first-order valence-electron chi connectivity index (χ1n) is 5.79. The molecule has 0 saturated carbocycles. The van der Waals surface area contributed by atoms with E-state index in [1.54, 1.807) is 0 Å². The number of carbonyl (C=O) groups is 1. The second-order valence-corrected chi connectivity index (χ2v) is 5.43. The van der Waals surface area contributed by atoms with Crippen molar-refractivity contribution < 1.29 is 4.79 Å². The lowest BCUT2D eigenvalue weighted by atomic mass is 9.99. The summed E-state index contributed by atoms with van der Waals surface area (Å²) in [6.07, 6.45) is 2.07. The zero-order valence-corrected chi connectivity index (χ0v) is 10.6. The summed E-state index contributed by atoms with van der Waals surface area (Å²) in [5, 5.41) is 0. The van der Waals surface area contributed by atoms with Crippen LogP contribution >= 0.6 is 11.8 Å². The zero-order valence-electron chi connectivity index (χ0n) is 9.74. The normalized spacial score (nSPS) is 21.9. The molecule has 0 bridgehead atoms. The van der Waals surface area contributed by atoms with Crippen molar-refractivity contribution in [2.75, 3.05) is 24.6 Å². The molecule has 1 amide bonds. The third kappa shape index (κ3) is 3.68. The minimum atomic E-state index is -0.307. The minimum absolute atomic E-state index is 0.145. The van der Waals surface area contributed by atoms with Crippen molar-refractivity contribution in [3.05, 3.63) is 0 Å². The monoisotopic (exact) mass is 230 g/mol. The van der Waals surface area contributed by atoms with Crippen LogP contribution in [0.1, 0.15) is 26.7 Å². The summed E-state index contributed by atoms with van der Waals surface area (Å²) in [6.45, 7) is 5.88. The van der Waals surface area contributed by atoms with E-state index in [-0.39, 0.29) is 17.9 Å². The van der Waals surface area contributed by atoms with E-state index in [4.69, 9.17) is 5.73 Å². The number of thioether (sulfide) groups is 1. The largest absolute Gasteiger partial charge is 0.340 e. The van der Waals surface area contributed by atoms with Crippen molar-refractivity contribution in [1.29, 1.82) is 0 Å². The molecule has 1 heterocycles. The Kier molecular flexibility index (Phi) is 5.47. The van der Waals surface area contributed by atoms with Crippen LogP contribution in [0.3, 0.4) is 0 Å². The van der Waals surface area contributed by atoms with Crippen LogP contribution in [0.5, 0.6) is 0 Å². The van der Waals surface area contributed by atoms with Gasteiger partial charge in [0.05, 0.1) is 6.04 Å². The van der Waals surface area contributed by atoms with Gasteiger partial charge in [0.25, 0.3) is 0 Å². The van der Waals surface area contributed by atoms with Gasteiger partial charge in [0.2, 0.25) is 5.91 Å². The van der Waals surface area contributed by atoms with Crippen molar-refractivity contribution >= 4 is 17.7 Å². The maximum absolute atomic E-state index is 12.0. The van der Waals surface area contributed by atoms with Crippen molar-refractivity contribution in [1.82, 2.24) is 4.90 Å². The fraction of sp³-hybridized carbons (Fsp3) is 0.909. The maximum atomic E-state index is 12.0. The summed E-state index contributed by atoms with van der Waals surface area (Å²) < 4.78 is 0. The lowest BCUT2D eigenvalue weighted by Crippen LogP contribution is -2.47. The summed E-state index contributed by atoms with van der Waals surface area (Å²) in [5.41, 5.74) is 5.96. The van der Waals surface area contributed by atoms with Crippen LogP contribution in [-0.2, 0) is 4.79 Å². The highest BCUT2D eigenvalue weighted by molar-refractivity contribution is 7.99. The Labute approximate surface area is 96.8 Å². The molecule has 0 radical (unpaired) electrons. The molecule has 2 N–H and O–H groups in total. The Bertz CT molecular complexity index is 203. The number of rotatable bonds is 3. The number of hydrogen-bond acceptors (Lipinski definition) is 3. The molecule has 3 nitrogen and oxygen atoms in total. The number of carbonyl (C=O) groups excluding carboxylic acids is 1. The van der Waals surface area contributed by atoms with Crippen LogP contribution in [0.4, 0.5) is 0 Å². The molecule has 15 heavy (non-hydrogen) atoms. The Morgan fingerprint density at radius 2 is 2.20 bits per heavy atom. The van der Waals surface area contributed by atoms with Gasteiger partial charge in [0.15, 0.2) is 0 Å². The Hall–Kier alpha value is -0.220. The summed E-state index contributed by atoms with van der Waals surface area (Å²) in [4.78, 5) is 14.0. The number of amides is 1. The summed E-state index contributed by atoms with van der Waals surface area (Å²) in [7, 11) is 0. The topological polar surface area (TPSA) is 46.3 Å². The van der Waals surface area contributed by atoms with Gasteiger partial charge in [-0.2, -0.15) is 11.8 Å². The highest BCUT2D eigenvalue weighted by atomic mass is 32.2. The van der Waals surface area contributed by atoms with Crippen LogP contribution in [0.15, 0.2) is 0 Å². The molecule has 1 fully saturated rings. The van der Waals surface area contributed by atoms with Gasteiger partial charge in [-0.3, -0.25) is 4.79 Å². The molecule has 1 rings (SSSR count). The van der Waals surface area contributed by atoms with Crippen molar-refractivity contribution in [2.24, 2.45) is 11.7 Å². The van der Waals surface area contributed by atoms with Crippen LogP contribution < -0.4 is 5.73 Å². The van der Waals surface area contributed by atoms with Gasteiger partial charge in [0, 0.05) is 18.8 Å². The molecule has 88 valence electrons. The van der Waals surface area contributed by atoms with E-state index in [1.807, 2.05) is 16.7 Å². The second kappa shape index (κ2) is 6.38. The smallest absolute Gasteiger partial charge is 0.239 e. The molecular formula is C11H22N2OS. The summed E-state index contributed by atoms with van der Waals surface area (Å²) in [5.74, 6) is 2.65. The predicted octanol–water partition coefficient (Wildman–Crippen LogP) is 1.33. The first kappa shape index (κ1) is 12.8. The van der Waals surface area contributed by atoms with Crippen molar-refractivity contribution in [2.45, 2.75) is 32.7 Å². The molecule has 0 aromatic carbocycles. The summed E-state index contributed by atoms with van der Waals surface area (Å²) in [6, 6.07) is -0.307. The molecule has 2 atom stereocenters. The highest BCUT2D eigenvalue weighted by Crippen LogP contribution is 2.13. The molecule has 1 aliphatic heterocycles. The number of hydrogen-bond donors (Lipinski definition) is 1. The molecule has 0 aromatic heterocycles. The van der Waals surface area contributed by atoms with Crippen LogP contribution in [0.2, 0.25) is 0 Å². The Balaban J connectivity index is 2.49. The third-order valence-electron chi connectivity index (χ3n) is 3.08. The highest BCUT2D eigenvalue weighted by Gasteiger charge is 2.25. The molecular weight excluding hydrogens is 208 g/mol. The van der Waals surface area contributed by atoms with E-state index in [0.29, 0.717) is 0 Å². The van der Waals surface area contributed by atoms with Gasteiger partial charge < -0.3 is 10.6 Å². The molecule has 0 spiro atoms. The maximum Gasteiger partial charge on any atom is 0.239 e. The van der Waals surface area contributed by atoms with E-state index in [2.05, 4.69) is 13.8 Å². The fourth-order valence-corrected chi connectivity index (χ4v) is 2.56. The van der Waals surface area contributed by atoms with E-state index >= 15 is 0 Å². The van der Waals surface area contributed by atoms with Gasteiger partial charge in [-0.25, -0.2) is 0 Å². The summed E-state index contributed by atoms with van der Waals surface area (Å²) >= 11 is 1.93. The predicted molar refractivity (Wildman–Crippen MR) is 66.0 cm³/mol. The second-order valence-electron chi connectivity index (χ2n) is 4.20. The molecule has 2 unspecified atom stereocenters. The molecule has 1 saturated heterocycles. The first-order valence-corrected chi connectivity index (χ1v) is 6.94. The minimum Gasteiger partial charge on any atom is -0.340 e. The lowest BCUT2D eigenvalue weighted by Gasteiger charge is -2.26. The molecule has 0 aromatic rings. The van der Waals surface area contributed by atoms with Gasteiger partial charge in [-0.15, -0.1) is 0 Å². The molecule has 0 aliphatic carbocycles. The molecule has 4 heteroatoms. The first-order chi connectivity index (χ1) is 7.16. The van der Waals surface area contributed by atoms with Gasteiger partial charge in [-0.05, 0) is 18.1 Å². The van der Waals surface area contributed by atoms with E-state index in [1.165, 1.54) is 5.75 Å². The fourth-order valence-electron chi connectivity index (χ4n) is 1.67. The Morgan fingerprint density at radius 3 is 2.87 bits per heavy atom. The molecule has 1 aliphatic rings. The number of nitrogens with two attached hydrogens (primary N) is 1. The van der Waals surface area contributed by atoms with E-state index in [9.17, 15) is 4.79 Å². The average molecular weight is 230 g/mol. The van der Waals surface area contributed by atoms with Gasteiger partial charge in [0.1, 0.15) is 0 Å². The SMILES string of the molecule is CCC(C)C(N)C(=O)N1CCCSCC1. The lowest BCUT2D eigenvalue weighted by molar-refractivity contribution is -0.133. The number of nitrogens with zero attached hydrogens (tertiary/aromatic N) is 1. The van der Waals surface area contributed by atoms with Gasteiger partial charge in [-0.1, -0.05) is 20.3 Å². The van der Waals surface area contributed by atoms with Crippen LogP contribution in [0, 0.1) is 5.92 Å². The standard InChI is InChI=1S/C11H22N2OS/c1-3-9(2)10(12)11(14)13-5-4-7-15-8-6-13/h9-10H,3-8,12H2,1-2H3. The van der Waals surface area contributed by atoms with Crippen molar-refractivity contribution in [3.8, 4) is 0 Å². The van der Waals surface area contributed by atoms with Crippen molar-refractivity contribution in [3.63, 3.8) is 0 Å². The third-order valence-corrected chi connectivity index (χ3v) is 4.12. The van der Waals surface area contributed by atoms with E-state index in [0.717, 1.165) is 31.7 Å². The van der Waals surface area contributed by atoms with Crippen LogP contribution in [-0.4, -0.2) is 41.4 Å². The zero-order chi connectivity index (χ0) is 11.3. The Morgan fingerprint density at radius 1 is 1.47 bits per heavy atom. The van der Waals surface area contributed by atoms with E-state index < -0.39 is 0 Å². The average Bonchev–Trinajstić information content (AvgIpc) is 2.54. The van der Waals surface area contributed by atoms with Gasteiger partial charge >= 0.3 is 0 Å². The quantitative estimate of drug-likeness (QED) is 0.795.